The van der Waals surface area contributed by atoms with Crippen molar-refractivity contribution in [1.29, 1.82) is 0 Å². The maximum atomic E-state index is 12.8. The predicted molar refractivity (Wildman–Crippen MR) is 110 cm³/mol. The standard InChI is InChI=1S/C17H32F3N5.HI/c1-14(17(18,19)20)24-10-12-25(13-11-24)16(21-2)22-8-9-23(3)15-6-4-5-7-15;/h14-15H,4-13H2,1-3H3,(H,21,22);1H. The second kappa shape index (κ2) is 10.9. The fraction of sp³-hybridized carbons (Fsp3) is 0.941. The SMILES string of the molecule is CN=C(NCCN(C)C1CCCC1)N1CCN(C(C)C(F)(F)F)CC1.I. The molecule has 0 aromatic rings. The van der Waals surface area contributed by atoms with Crippen LogP contribution in [0.25, 0.3) is 0 Å². The summed E-state index contributed by atoms with van der Waals surface area (Å²) in [5.41, 5.74) is 0. The summed E-state index contributed by atoms with van der Waals surface area (Å²) >= 11 is 0. The average Bonchev–Trinajstić information content (AvgIpc) is 3.12. The molecule has 1 saturated carbocycles. The number of nitrogens with zero attached hydrogens (tertiary/aromatic N) is 4. The lowest BCUT2D eigenvalue weighted by Crippen LogP contribution is -2.57. The number of guanidine groups is 1. The quantitative estimate of drug-likeness (QED) is 0.365. The Morgan fingerprint density at radius 1 is 1.19 bits per heavy atom. The third-order valence-electron chi connectivity index (χ3n) is 5.54. The number of halogens is 4. The fourth-order valence-corrected chi connectivity index (χ4v) is 3.73. The molecule has 1 saturated heterocycles. The van der Waals surface area contributed by atoms with Crippen LogP contribution in [0.5, 0.6) is 0 Å². The molecular weight excluding hydrogens is 458 g/mol. The Morgan fingerprint density at radius 2 is 1.77 bits per heavy atom. The minimum absolute atomic E-state index is 0. The zero-order valence-corrected chi connectivity index (χ0v) is 18.4. The van der Waals surface area contributed by atoms with Gasteiger partial charge in [-0.2, -0.15) is 13.2 Å². The van der Waals surface area contributed by atoms with E-state index in [1.54, 1.807) is 7.05 Å². The highest BCUT2D eigenvalue weighted by Gasteiger charge is 2.41. The van der Waals surface area contributed by atoms with Crippen molar-refractivity contribution in [3.63, 3.8) is 0 Å². The van der Waals surface area contributed by atoms with Crippen LogP contribution < -0.4 is 5.32 Å². The van der Waals surface area contributed by atoms with Crippen LogP contribution in [0.1, 0.15) is 32.6 Å². The lowest BCUT2D eigenvalue weighted by molar-refractivity contribution is -0.181. The second-order valence-electron chi connectivity index (χ2n) is 7.13. The van der Waals surface area contributed by atoms with E-state index >= 15 is 0 Å². The third-order valence-corrected chi connectivity index (χ3v) is 5.54. The monoisotopic (exact) mass is 491 g/mol. The third kappa shape index (κ3) is 6.70. The first-order valence-corrected chi connectivity index (χ1v) is 9.29. The molecule has 5 nitrogen and oxygen atoms in total. The van der Waals surface area contributed by atoms with Crippen molar-refractivity contribution in [2.45, 2.75) is 50.9 Å². The van der Waals surface area contributed by atoms with Gasteiger partial charge in [0.1, 0.15) is 6.04 Å². The van der Waals surface area contributed by atoms with Crippen LogP contribution in [-0.4, -0.2) is 92.3 Å². The topological polar surface area (TPSA) is 34.1 Å². The maximum Gasteiger partial charge on any atom is 0.403 e. The van der Waals surface area contributed by atoms with Crippen LogP contribution in [0.3, 0.4) is 0 Å². The van der Waals surface area contributed by atoms with Crippen LogP contribution in [0.2, 0.25) is 0 Å². The highest BCUT2D eigenvalue weighted by Crippen LogP contribution is 2.25. The zero-order valence-electron chi connectivity index (χ0n) is 16.1. The van der Waals surface area contributed by atoms with E-state index in [-0.39, 0.29) is 24.0 Å². The minimum Gasteiger partial charge on any atom is -0.355 e. The van der Waals surface area contributed by atoms with E-state index in [9.17, 15) is 13.2 Å². The molecule has 0 spiro atoms. The van der Waals surface area contributed by atoms with E-state index < -0.39 is 12.2 Å². The van der Waals surface area contributed by atoms with Crippen LogP contribution in [0, 0.1) is 0 Å². The van der Waals surface area contributed by atoms with Gasteiger partial charge in [0.2, 0.25) is 0 Å². The number of rotatable bonds is 5. The molecule has 1 unspecified atom stereocenters. The first-order valence-electron chi connectivity index (χ1n) is 9.29. The largest absolute Gasteiger partial charge is 0.403 e. The van der Waals surface area contributed by atoms with Crippen LogP contribution in [0.4, 0.5) is 13.2 Å². The van der Waals surface area contributed by atoms with Crippen molar-refractivity contribution < 1.29 is 13.2 Å². The van der Waals surface area contributed by atoms with E-state index in [4.69, 9.17) is 0 Å². The van der Waals surface area contributed by atoms with Gasteiger partial charge in [0.05, 0.1) is 0 Å². The Balaban J connectivity index is 0.00000338. The number of hydrogen-bond donors (Lipinski definition) is 1. The van der Waals surface area contributed by atoms with Crippen LogP contribution in [0.15, 0.2) is 4.99 Å². The highest BCUT2D eigenvalue weighted by atomic mass is 127. The summed E-state index contributed by atoms with van der Waals surface area (Å²) in [4.78, 5) is 10.2. The molecule has 1 atom stereocenters. The van der Waals surface area contributed by atoms with Gasteiger partial charge >= 0.3 is 6.18 Å². The van der Waals surface area contributed by atoms with Crippen molar-refractivity contribution in [2.24, 2.45) is 4.99 Å². The first-order chi connectivity index (χ1) is 11.8. The highest BCUT2D eigenvalue weighted by molar-refractivity contribution is 14.0. The van der Waals surface area contributed by atoms with Crippen molar-refractivity contribution in [3.8, 4) is 0 Å². The Bertz CT molecular complexity index is 433. The van der Waals surface area contributed by atoms with Gasteiger partial charge < -0.3 is 15.1 Å². The van der Waals surface area contributed by atoms with Crippen molar-refractivity contribution in [1.82, 2.24) is 20.0 Å². The molecule has 1 heterocycles. The average molecular weight is 491 g/mol. The summed E-state index contributed by atoms with van der Waals surface area (Å²) in [6, 6.07) is -0.694. The van der Waals surface area contributed by atoms with Gasteiger partial charge in [-0.05, 0) is 26.8 Å². The molecule has 1 aliphatic carbocycles. The van der Waals surface area contributed by atoms with Crippen molar-refractivity contribution in [3.05, 3.63) is 0 Å². The number of hydrogen-bond acceptors (Lipinski definition) is 3. The minimum atomic E-state index is -4.16. The fourth-order valence-electron chi connectivity index (χ4n) is 3.73. The number of nitrogens with one attached hydrogen (secondary N) is 1. The molecule has 2 rings (SSSR count). The van der Waals surface area contributed by atoms with E-state index in [0.717, 1.165) is 19.0 Å². The van der Waals surface area contributed by atoms with Gasteiger partial charge in [0, 0.05) is 52.4 Å². The Kier molecular flexibility index (Phi) is 9.95. The van der Waals surface area contributed by atoms with E-state index in [2.05, 4.69) is 27.2 Å². The Hall–Kier alpha value is -0.290. The summed E-state index contributed by atoms with van der Waals surface area (Å²) in [5.74, 6) is 0.791. The van der Waals surface area contributed by atoms with Gasteiger partial charge in [0.15, 0.2) is 5.96 Å². The lowest BCUT2D eigenvalue weighted by Gasteiger charge is -2.39. The van der Waals surface area contributed by atoms with Gasteiger partial charge in [-0.25, -0.2) is 0 Å². The number of likely N-dealkylation sites (N-methyl/N-ethyl adjacent to an activating group) is 1. The summed E-state index contributed by atoms with van der Waals surface area (Å²) in [5, 5.41) is 3.36. The molecular formula is C17H33F3IN5. The smallest absolute Gasteiger partial charge is 0.355 e. The second-order valence-corrected chi connectivity index (χ2v) is 7.13. The first kappa shape index (κ1) is 23.7. The van der Waals surface area contributed by atoms with Crippen LogP contribution in [-0.2, 0) is 0 Å². The van der Waals surface area contributed by atoms with Gasteiger partial charge in [-0.15, -0.1) is 24.0 Å². The molecule has 1 N–H and O–H groups in total. The molecule has 0 bridgehead atoms. The summed E-state index contributed by atoms with van der Waals surface area (Å²) in [7, 11) is 3.89. The maximum absolute atomic E-state index is 12.8. The van der Waals surface area contributed by atoms with E-state index in [1.165, 1.54) is 37.5 Å². The van der Waals surface area contributed by atoms with Gasteiger partial charge in [-0.1, -0.05) is 12.8 Å². The lowest BCUT2D eigenvalue weighted by atomic mass is 10.2. The van der Waals surface area contributed by atoms with E-state index in [1.807, 2.05) is 0 Å². The molecule has 2 fully saturated rings. The normalized spacial score (nSPS) is 21.8. The predicted octanol–water partition coefficient (Wildman–Crippen LogP) is 2.62. The molecule has 26 heavy (non-hydrogen) atoms. The molecule has 2 aliphatic rings. The molecule has 0 aromatic heterocycles. The number of alkyl halides is 3. The molecule has 0 amide bonds. The number of piperazine rings is 1. The summed E-state index contributed by atoms with van der Waals surface area (Å²) in [6.07, 6.45) is 1.05. The molecule has 154 valence electrons. The molecule has 0 aromatic carbocycles. The van der Waals surface area contributed by atoms with Crippen LogP contribution >= 0.6 is 24.0 Å². The molecule has 0 radical (unpaired) electrons. The Morgan fingerprint density at radius 3 is 2.27 bits per heavy atom. The van der Waals surface area contributed by atoms with Crippen molar-refractivity contribution >= 4 is 29.9 Å². The van der Waals surface area contributed by atoms with E-state index in [0.29, 0.717) is 32.2 Å². The van der Waals surface area contributed by atoms with Gasteiger partial charge in [-0.3, -0.25) is 9.89 Å². The number of aliphatic imine (C=N–C) groups is 1. The summed E-state index contributed by atoms with van der Waals surface area (Å²) in [6.45, 7) is 4.94. The molecule has 1 aliphatic heterocycles. The Labute approximate surface area is 172 Å². The van der Waals surface area contributed by atoms with Gasteiger partial charge in [0.25, 0.3) is 0 Å². The summed E-state index contributed by atoms with van der Waals surface area (Å²) < 4.78 is 38.5. The molecule has 9 heteroatoms. The zero-order chi connectivity index (χ0) is 18.4. The van der Waals surface area contributed by atoms with Crippen molar-refractivity contribution in [2.75, 3.05) is 53.4 Å².